The second-order valence-corrected chi connectivity index (χ2v) is 8.50. The van der Waals surface area contributed by atoms with E-state index < -0.39 is 35.0 Å². The Morgan fingerprint density at radius 1 is 1.16 bits per heavy atom. The quantitative estimate of drug-likeness (QED) is 0.548. The lowest BCUT2D eigenvalue weighted by Crippen LogP contribution is -2.48. The van der Waals surface area contributed by atoms with Gasteiger partial charge in [0, 0.05) is 24.2 Å². The number of aliphatic hydroxyl groups is 1. The van der Waals surface area contributed by atoms with Crippen LogP contribution in [0.4, 0.5) is 8.78 Å². The lowest BCUT2D eigenvalue weighted by Gasteiger charge is -2.40. The molecule has 0 radical (unpaired) electrons. The highest BCUT2D eigenvalue weighted by molar-refractivity contribution is 5.84. The number of halogens is 2. The van der Waals surface area contributed by atoms with E-state index in [1.54, 1.807) is 19.1 Å². The molecule has 0 spiro atoms. The number of benzene rings is 2. The van der Waals surface area contributed by atoms with E-state index in [1.165, 1.54) is 17.7 Å². The molecule has 2 aromatic rings. The first-order valence-electron chi connectivity index (χ1n) is 10.9. The first-order chi connectivity index (χ1) is 15.2. The van der Waals surface area contributed by atoms with Crippen LogP contribution in [0, 0.1) is 23.0 Å². The molecule has 1 unspecified atom stereocenters. The van der Waals surface area contributed by atoms with Crippen LogP contribution in [0.15, 0.2) is 66.4 Å². The van der Waals surface area contributed by atoms with E-state index in [0.29, 0.717) is 12.1 Å². The van der Waals surface area contributed by atoms with Gasteiger partial charge in [-0.25, -0.2) is 8.78 Å². The zero-order valence-electron chi connectivity index (χ0n) is 18.4. The van der Waals surface area contributed by atoms with Crippen LogP contribution in [0.3, 0.4) is 0 Å². The minimum atomic E-state index is -1.24. The first-order valence-corrected chi connectivity index (χ1v) is 10.9. The van der Waals surface area contributed by atoms with Gasteiger partial charge in [0.05, 0.1) is 11.5 Å². The topological polar surface area (TPSA) is 75.3 Å². The van der Waals surface area contributed by atoms with Gasteiger partial charge < -0.3 is 16.2 Å². The van der Waals surface area contributed by atoms with Crippen LogP contribution in [-0.2, 0) is 24.2 Å². The highest BCUT2D eigenvalue weighted by atomic mass is 19.1. The molecule has 6 heteroatoms. The molecular formula is C26H30F2N2O2. The molecule has 0 saturated heterocycles. The van der Waals surface area contributed by atoms with Crippen molar-refractivity contribution >= 4 is 5.91 Å². The van der Waals surface area contributed by atoms with Crippen LogP contribution in [-0.4, -0.2) is 17.1 Å². The molecule has 3 atom stereocenters. The van der Waals surface area contributed by atoms with Gasteiger partial charge in [-0.2, -0.15) is 0 Å². The lowest BCUT2D eigenvalue weighted by molar-refractivity contribution is -0.127. The predicted molar refractivity (Wildman–Crippen MR) is 121 cm³/mol. The van der Waals surface area contributed by atoms with Crippen molar-refractivity contribution in [2.45, 2.75) is 45.8 Å². The van der Waals surface area contributed by atoms with E-state index in [4.69, 9.17) is 5.73 Å². The van der Waals surface area contributed by atoms with Crippen molar-refractivity contribution < 1.29 is 18.7 Å². The second-order valence-electron chi connectivity index (χ2n) is 8.50. The Bertz CT molecular complexity index is 1010. The van der Waals surface area contributed by atoms with Crippen LogP contribution in [0.5, 0.6) is 0 Å². The summed E-state index contributed by atoms with van der Waals surface area (Å²) in [6, 6.07) is 11.4. The van der Waals surface area contributed by atoms with Gasteiger partial charge >= 0.3 is 0 Å². The molecular weight excluding hydrogens is 410 g/mol. The third kappa shape index (κ3) is 5.43. The third-order valence-corrected chi connectivity index (χ3v) is 6.02. The van der Waals surface area contributed by atoms with Gasteiger partial charge in [0.25, 0.3) is 0 Å². The SMILES string of the molecule is CCc1cccc(CNC2=CC=C[C@](Cc3cc(F)cc(F)c3)(C(N)=O)[C@H]2CC(C)O)c1. The van der Waals surface area contributed by atoms with Gasteiger partial charge in [-0.1, -0.05) is 43.3 Å². The smallest absolute Gasteiger partial charge is 0.228 e. The van der Waals surface area contributed by atoms with Crippen LogP contribution in [0.25, 0.3) is 0 Å². The monoisotopic (exact) mass is 440 g/mol. The number of hydrogen-bond donors (Lipinski definition) is 3. The average Bonchev–Trinajstić information content (AvgIpc) is 2.73. The number of rotatable bonds is 9. The molecule has 32 heavy (non-hydrogen) atoms. The number of amides is 1. The predicted octanol–water partition coefficient (Wildman–Crippen LogP) is 4.17. The van der Waals surface area contributed by atoms with E-state index in [2.05, 4.69) is 24.4 Å². The molecule has 0 saturated carbocycles. The molecule has 2 aromatic carbocycles. The molecule has 3 rings (SSSR count). The summed E-state index contributed by atoms with van der Waals surface area (Å²) >= 11 is 0. The molecule has 170 valence electrons. The van der Waals surface area contributed by atoms with Gasteiger partial charge in [0.1, 0.15) is 11.6 Å². The summed E-state index contributed by atoms with van der Waals surface area (Å²) in [5, 5.41) is 13.6. The average molecular weight is 441 g/mol. The summed E-state index contributed by atoms with van der Waals surface area (Å²) in [5.41, 5.74) is 8.05. The Morgan fingerprint density at radius 2 is 1.84 bits per heavy atom. The number of carbonyl (C=O) groups is 1. The molecule has 0 aliphatic heterocycles. The minimum Gasteiger partial charge on any atom is -0.393 e. The number of nitrogens with two attached hydrogens (primary N) is 1. The minimum absolute atomic E-state index is 0.0231. The van der Waals surface area contributed by atoms with E-state index in [1.807, 2.05) is 18.2 Å². The molecule has 4 nitrogen and oxygen atoms in total. The van der Waals surface area contributed by atoms with E-state index >= 15 is 0 Å². The lowest BCUT2D eigenvalue weighted by atomic mass is 9.65. The van der Waals surface area contributed by atoms with Crippen LogP contribution in [0.2, 0.25) is 0 Å². The van der Waals surface area contributed by atoms with Crippen molar-refractivity contribution in [1.82, 2.24) is 5.32 Å². The molecule has 0 aromatic heterocycles. The molecule has 0 fully saturated rings. The van der Waals surface area contributed by atoms with Crippen molar-refractivity contribution in [2.24, 2.45) is 17.1 Å². The van der Waals surface area contributed by atoms with Gasteiger partial charge in [-0.3, -0.25) is 4.79 Å². The maximum atomic E-state index is 13.8. The van der Waals surface area contributed by atoms with Gasteiger partial charge in [0.15, 0.2) is 0 Å². The summed E-state index contributed by atoms with van der Waals surface area (Å²) in [5.74, 6) is -2.51. The highest BCUT2D eigenvalue weighted by Crippen LogP contribution is 2.43. The zero-order chi connectivity index (χ0) is 23.3. The largest absolute Gasteiger partial charge is 0.393 e. The molecule has 0 bridgehead atoms. The normalized spacial score (nSPS) is 21.2. The van der Waals surface area contributed by atoms with Crippen LogP contribution < -0.4 is 11.1 Å². The number of hydrogen-bond acceptors (Lipinski definition) is 3. The van der Waals surface area contributed by atoms with Crippen LogP contribution in [0.1, 0.15) is 37.0 Å². The maximum absolute atomic E-state index is 13.8. The summed E-state index contributed by atoms with van der Waals surface area (Å²) in [7, 11) is 0. The van der Waals surface area contributed by atoms with E-state index in [0.717, 1.165) is 23.7 Å². The Kier molecular flexibility index (Phi) is 7.46. The standard InChI is InChI=1S/C26H30F2N2O2/c1-3-18-6-4-7-19(11-18)16-30-24-8-5-9-26(25(29)32,23(24)10-17(2)31)15-20-12-21(27)14-22(28)13-20/h4-9,11-14,17,23,30-31H,3,10,15-16H2,1-2H3,(H2,29,32)/t17?,23-,26+/m0/s1. The van der Waals surface area contributed by atoms with Crippen molar-refractivity contribution in [1.29, 1.82) is 0 Å². The Morgan fingerprint density at radius 3 is 2.47 bits per heavy atom. The zero-order valence-corrected chi connectivity index (χ0v) is 18.4. The molecule has 0 heterocycles. The molecule has 1 aliphatic carbocycles. The summed E-state index contributed by atoms with van der Waals surface area (Å²) < 4.78 is 27.6. The van der Waals surface area contributed by atoms with E-state index in [9.17, 15) is 18.7 Å². The van der Waals surface area contributed by atoms with Gasteiger partial charge in [0.2, 0.25) is 5.91 Å². The van der Waals surface area contributed by atoms with Gasteiger partial charge in [-0.15, -0.1) is 0 Å². The number of aliphatic hydroxyl groups excluding tert-OH is 1. The highest BCUT2D eigenvalue weighted by Gasteiger charge is 2.45. The number of allylic oxidation sites excluding steroid dienone is 3. The van der Waals surface area contributed by atoms with Crippen molar-refractivity contribution in [2.75, 3.05) is 0 Å². The van der Waals surface area contributed by atoms with Crippen molar-refractivity contribution in [3.05, 3.63) is 94.7 Å². The van der Waals surface area contributed by atoms with Crippen LogP contribution >= 0.6 is 0 Å². The Balaban J connectivity index is 1.93. The van der Waals surface area contributed by atoms with Crippen molar-refractivity contribution in [3.8, 4) is 0 Å². The van der Waals surface area contributed by atoms with Crippen molar-refractivity contribution in [3.63, 3.8) is 0 Å². The number of primary amides is 1. The molecule has 1 amide bonds. The van der Waals surface area contributed by atoms with E-state index in [-0.39, 0.29) is 12.8 Å². The fraction of sp³-hybridized carbons (Fsp3) is 0.346. The Labute approximate surface area is 187 Å². The number of aryl methyl sites for hydroxylation is 1. The summed E-state index contributed by atoms with van der Waals surface area (Å²) in [6.45, 7) is 4.28. The molecule has 4 N–H and O–H groups in total. The number of carbonyl (C=O) groups excluding carboxylic acids is 1. The summed E-state index contributed by atoms with van der Waals surface area (Å²) in [4.78, 5) is 12.8. The maximum Gasteiger partial charge on any atom is 0.228 e. The van der Waals surface area contributed by atoms with Gasteiger partial charge in [-0.05, 0) is 61.1 Å². The fourth-order valence-electron chi connectivity index (χ4n) is 4.43. The Hall–Kier alpha value is -2.99. The fourth-order valence-corrected chi connectivity index (χ4v) is 4.43. The summed E-state index contributed by atoms with van der Waals surface area (Å²) in [6.07, 6.45) is 5.80. The molecule has 1 aliphatic rings. The second kappa shape index (κ2) is 10.1. The third-order valence-electron chi connectivity index (χ3n) is 6.02. The first kappa shape index (κ1) is 23.7. The number of nitrogens with one attached hydrogen (secondary N) is 1.